The third-order valence-corrected chi connectivity index (χ3v) is 4.38. The molecule has 154 valence electrons. The van der Waals surface area contributed by atoms with Crippen LogP contribution in [-0.2, 0) is 6.42 Å². The first-order chi connectivity index (χ1) is 14.6. The van der Waals surface area contributed by atoms with Crippen LogP contribution >= 0.6 is 0 Å². The number of hydrogen-bond donors (Lipinski definition) is 2. The highest BCUT2D eigenvalue weighted by Gasteiger charge is 2.08. The minimum Gasteiger partial charge on any atom is -0.497 e. The van der Waals surface area contributed by atoms with Gasteiger partial charge in [-0.3, -0.25) is 14.6 Å². The molecular weight excluding hydrogens is 382 g/mol. The number of benzene rings is 2. The van der Waals surface area contributed by atoms with Crippen LogP contribution in [0, 0.1) is 0 Å². The predicted octanol–water partition coefficient (Wildman–Crippen LogP) is 3.21. The Labute approximate surface area is 175 Å². The number of aromatic nitrogens is 1. The number of nitrogens with one attached hydrogen (secondary N) is 2. The van der Waals surface area contributed by atoms with E-state index in [4.69, 9.17) is 9.47 Å². The van der Waals surface area contributed by atoms with Crippen LogP contribution in [0.15, 0.2) is 66.9 Å². The molecule has 30 heavy (non-hydrogen) atoms. The molecule has 0 aliphatic rings. The summed E-state index contributed by atoms with van der Waals surface area (Å²) in [6.07, 6.45) is 2.18. The van der Waals surface area contributed by atoms with Gasteiger partial charge in [-0.05, 0) is 54.4 Å². The molecule has 0 saturated heterocycles. The predicted molar refractivity (Wildman–Crippen MR) is 113 cm³/mol. The average Bonchev–Trinajstić information content (AvgIpc) is 2.79. The standard InChI is InChI=1S/C23H23N3O4/c1-24-23(28)21-15-20(11-13-25-21)30-19-5-3-4-16(14-19)10-12-26-22(27)17-6-8-18(29-2)9-7-17/h3-9,11,13-15H,10,12H2,1-2H3,(H,24,28)(H,26,27). The number of carbonyl (C=O) groups excluding carboxylic acids is 2. The van der Waals surface area contributed by atoms with Crippen molar-refractivity contribution in [2.24, 2.45) is 0 Å². The van der Waals surface area contributed by atoms with Gasteiger partial charge in [-0.2, -0.15) is 0 Å². The third-order valence-electron chi connectivity index (χ3n) is 4.38. The van der Waals surface area contributed by atoms with Crippen LogP contribution in [0.1, 0.15) is 26.4 Å². The normalized spacial score (nSPS) is 10.2. The van der Waals surface area contributed by atoms with Gasteiger partial charge in [-0.15, -0.1) is 0 Å². The van der Waals surface area contributed by atoms with Crippen molar-refractivity contribution in [1.29, 1.82) is 0 Å². The first kappa shape index (κ1) is 20.9. The molecule has 2 aromatic carbocycles. The van der Waals surface area contributed by atoms with E-state index in [9.17, 15) is 9.59 Å². The fraction of sp³-hybridized carbons (Fsp3) is 0.174. The summed E-state index contributed by atoms with van der Waals surface area (Å²) in [5, 5.41) is 5.44. The summed E-state index contributed by atoms with van der Waals surface area (Å²) >= 11 is 0. The number of nitrogens with zero attached hydrogens (tertiary/aromatic N) is 1. The summed E-state index contributed by atoms with van der Waals surface area (Å²) in [6.45, 7) is 0.490. The number of amides is 2. The van der Waals surface area contributed by atoms with Gasteiger partial charge >= 0.3 is 0 Å². The van der Waals surface area contributed by atoms with Gasteiger partial charge in [0.25, 0.3) is 11.8 Å². The van der Waals surface area contributed by atoms with Crippen LogP contribution in [0.2, 0.25) is 0 Å². The van der Waals surface area contributed by atoms with Crippen LogP contribution in [0.5, 0.6) is 17.2 Å². The van der Waals surface area contributed by atoms with Crippen LogP contribution in [-0.4, -0.2) is 37.5 Å². The lowest BCUT2D eigenvalue weighted by Crippen LogP contribution is -2.25. The van der Waals surface area contributed by atoms with Crippen LogP contribution in [0.25, 0.3) is 0 Å². The minimum absolute atomic E-state index is 0.136. The van der Waals surface area contributed by atoms with Crippen LogP contribution in [0.3, 0.4) is 0 Å². The molecule has 7 nitrogen and oxygen atoms in total. The van der Waals surface area contributed by atoms with Crippen molar-refractivity contribution < 1.29 is 19.1 Å². The van der Waals surface area contributed by atoms with Crippen LogP contribution < -0.4 is 20.1 Å². The Kier molecular flexibility index (Phi) is 7.00. The van der Waals surface area contributed by atoms with E-state index in [2.05, 4.69) is 15.6 Å². The summed E-state index contributed by atoms with van der Waals surface area (Å²) in [5.74, 6) is 1.46. The average molecular weight is 405 g/mol. The monoisotopic (exact) mass is 405 g/mol. The van der Waals surface area contributed by atoms with E-state index in [1.54, 1.807) is 50.6 Å². The summed E-state index contributed by atoms with van der Waals surface area (Å²) in [7, 11) is 3.14. The van der Waals surface area contributed by atoms with Gasteiger partial charge in [0.2, 0.25) is 0 Å². The van der Waals surface area contributed by atoms with Crippen molar-refractivity contribution in [3.05, 3.63) is 83.7 Å². The summed E-state index contributed by atoms with van der Waals surface area (Å²) in [6, 6.07) is 17.8. The first-order valence-corrected chi connectivity index (χ1v) is 9.46. The quantitative estimate of drug-likeness (QED) is 0.601. The van der Waals surface area contributed by atoms with Crippen molar-refractivity contribution in [3.8, 4) is 17.2 Å². The molecule has 3 rings (SSSR count). The third kappa shape index (κ3) is 5.57. The van der Waals surface area contributed by atoms with Gasteiger partial charge in [0.05, 0.1) is 7.11 Å². The molecule has 7 heteroatoms. The Bertz CT molecular complexity index is 1020. The molecule has 0 aliphatic carbocycles. The molecule has 0 spiro atoms. The number of pyridine rings is 1. The molecule has 0 atom stereocenters. The zero-order valence-corrected chi connectivity index (χ0v) is 16.8. The van der Waals surface area contributed by atoms with E-state index < -0.39 is 0 Å². The van der Waals surface area contributed by atoms with Gasteiger partial charge in [-0.1, -0.05) is 12.1 Å². The summed E-state index contributed by atoms with van der Waals surface area (Å²) in [5.41, 5.74) is 1.88. The van der Waals surface area contributed by atoms with Crippen molar-refractivity contribution in [2.75, 3.05) is 20.7 Å². The molecule has 0 saturated carbocycles. The van der Waals surface area contributed by atoms with E-state index >= 15 is 0 Å². The highest BCUT2D eigenvalue weighted by atomic mass is 16.5. The molecule has 0 unspecified atom stereocenters. The minimum atomic E-state index is -0.276. The smallest absolute Gasteiger partial charge is 0.269 e. The lowest BCUT2D eigenvalue weighted by atomic mass is 10.1. The second-order valence-electron chi connectivity index (χ2n) is 6.44. The van der Waals surface area contributed by atoms with Gasteiger partial charge < -0.3 is 20.1 Å². The second-order valence-corrected chi connectivity index (χ2v) is 6.44. The molecule has 1 heterocycles. The van der Waals surface area contributed by atoms with Crippen molar-refractivity contribution in [2.45, 2.75) is 6.42 Å². The molecule has 0 aliphatic heterocycles. The topological polar surface area (TPSA) is 89.6 Å². The lowest BCUT2D eigenvalue weighted by molar-refractivity contribution is 0.0947. The number of methoxy groups -OCH3 is 1. The van der Waals surface area contributed by atoms with E-state index in [0.29, 0.717) is 35.8 Å². The molecule has 2 amide bonds. The number of rotatable bonds is 8. The molecule has 0 radical (unpaired) electrons. The van der Waals surface area contributed by atoms with Crippen LogP contribution in [0.4, 0.5) is 0 Å². The van der Waals surface area contributed by atoms with Gasteiger partial charge in [-0.25, -0.2) is 0 Å². The highest BCUT2D eigenvalue weighted by Crippen LogP contribution is 2.22. The zero-order chi connectivity index (χ0) is 21.3. The molecule has 1 aromatic heterocycles. The van der Waals surface area contributed by atoms with Crippen molar-refractivity contribution in [3.63, 3.8) is 0 Å². The largest absolute Gasteiger partial charge is 0.497 e. The molecular formula is C23H23N3O4. The zero-order valence-electron chi connectivity index (χ0n) is 16.8. The number of carbonyl (C=O) groups is 2. The maximum atomic E-state index is 12.2. The SMILES string of the molecule is CNC(=O)c1cc(Oc2cccc(CCNC(=O)c3ccc(OC)cc3)c2)ccn1. The Morgan fingerprint density at radius 2 is 1.70 bits per heavy atom. The maximum absolute atomic E-state index is 12.2. The van der Waals surface area contributed by atoms with Crippen molar-refractivity contribution in [1.82, 2.24) is 15.6 Å². The van der Waals surface area contributed by atoms with Gasteiger partial charge in [0, 0.05) is 31.4 Å². The van der Waals surface area contributed by atoms with Gasteiger partial charge in [0.1, 0.15) is 22.9 Å². The van der Waals surface area contributed by atoms with E-state index in [0.717, 1.165) is 5.56 Å². The summed E-state index contributed by atoms with van der Waals surface area (Å²) in [4.78, 5) is 28.0. The number of ether oxygens (including phenoxy) is 2. The van der Waals surface area contributed by atoms with E-state index in [-0.39, 0.29) is 17.5 Å². The Balaban J connectivity index is 1.56. The fourth-order valence-electron chi connectivity index (χ4n) is 2.79. The Morgan fingerprint density at radius 3 is 2.43 bits per heavy atom. The lowest BCUT2D eigenvalue weighted by Gasteiger charge is -2.09. The maximum Gasteiger partial charge on any atom is 0.269 e. The molecule has 3 aromatic rings. The molecule has 2 N–H and O–H groups in total. The Hall–Kier alpha value is -3.87. The fourth-order valence-corrected chi connectivity index (χ4v) is 2.79. The van der Waals surface area contributed by atoms with Crippen molar-refractivity contribution >= 4 is 11.8 Å². The molecule has 0 fully saturated rings. The van der Waals surface area contributed by atoms with Gasteiger partial charge in [0.15, 0.2) is 0 Å². The number of hydrogen-bond acceptors (Lipinski definition) is 5. The summed E-state index contributed by atoms with van der Waals surface area (Å²) < 4.78 is 11.0. The highest BCUT2D eigenvalue weighted by molar-refractivity contribution is 5.94. The van der Waals surface area contributed by atoms with E-state index in [1.165, 1.54) is 6.20 Å². The van der Waals surface area contributed by atoms with E-state index in [1.807, 2.05) is 24.3 Å². The second kappa shape index (κ2) is 10.1. The first-order valence-electron chi connectivity index (χ1n) is 9.46. The Morgan fingerprint density at radius 1 is 0.933 bits per heavy atom. The molecule has 0 bridgehead atoms.